The Labute approximate surface area is 159 Å². The average molecular weight is 381 g/mol. The minimum absolute atomic E-state index is 0.215. The predicted octanol–water partition coefficient (Wildman–Crippen LogP) is 4.26. The number of nitrogens with one attached hydrogen (secondary N) is 1. The molecule has 150 valence electrons. The Balaban J connectivity index is 2.62. The molecule has 1 aromatic rings. The van der Waals surface area contributed by atoms with Gasteiger partial charge in [0.25, 0.3) is 5.92 Å². The molecule has 0 aromatic carbocycles. The van der Waals surface area contributed by atoms with Crippen LogP contribution in [-0.2, 0) is 0 Å². The summed E-state index contributed by atoms with van der Waals surface area (Å²) in [7, 11) is 0. The summed E-state index contributed by atoms with van der Waals surface area (Å²) in [5.41, 5.74) is 7.22. The second-order valence-electron chi connectivity index (χ2n) is 6.85. The van der Waals surface area contributed by atoms with Gasteiger partial charge in [-0.2, -0.15) is 8.78 Å². The summed E-state index contributed by atoms with van der Waals surface area (Å²) >= 11 is 0. The second-order valence-corrected chi connectivity index (χ2v) is 6.85. The number of hydrogen-bond acceptors (Lipinski definition) is 5. The third-order valence-electron chi connectivity index (χ3n) is 3.73. The van der Waals surface area contributed by atoms with Gasteiger partial charge in [0.2, 0.25) is 0 Å². The summed E-state index contributed by atoms with van der Waals surface area (Å²) in [4.78, 5) is 4.21. The summed E-state index contributed by atoms with van der Waals surface area (Å²) in [5, 5.41) is 13.0. The lowest BCUT2D eigenvalue weighted by atomic mass is 10.1. The van der Waals surface area contributed by atoms with E-state index in [9.17, 15) is 13.9 Å². The van der Waals surface area contributed by atoms with E-state index < -0.39 is 18.6 Å². The highest BCUT2D eigenvalue weighted by Crippen LogP contribution is 2.20. The fourth-order valence-electron chi connectivity index (χ4n) is 2.21. The number of alkyl halides is 2. The lowest BCUT2D eigenvalue weighted by Gasteiger charge is -2.20. The number of halogens is 2. The van der Waals surface area contributed by atoms with Crippen LogP contribution in [-0.4, -0.2) is 28.7 Å². The molecule has 0 saturated carbocycles. The quantitative estimate of drug-likeness (QED) is 0.394. The zero-order valence-corrected chi connectivity index (χ0v) is 16.1. The van der Waals surface area contributed by atoms with Gasteiger partial charge < -0.3 is 20.9 Å². The molecule has 1 aromatic heterocycles. The molecule has 0 saturated heterocycles. The molecule has 5 nitrogen and oxygen atoms in total. The molecular formula is C20H29F2N3O2. The monoisotopic (exact) mass is 381 g/mol. The van der Waals surface area contributed by atoms with Crippen LogP contribution < -0.4 is 15.8 Å². The molecule has 2 atom stereocenters. The van der Waals surface area contributed by atoms with Crippen molar-refractivity contribution < 1.29 is 18.6 Å². The maximum absolute atomic E-state index is 13.1. The first-order valence-electron chi connectivity index (χ1n) is 8.74. The molecule has 7 heteroatoms. The van der Waals surface area contributed by atoms with Crippen molar-refractivity contribution in [1.82, 2.24) is 10.3 Å². The van der Waals surface area contributed by atoms with Gasteiger partial charge in [-0.05, 0) is 37.1 Å². The van der Waals surface area contributed by atoms with Crippen LogP contribution in [0.2, 0.25) is 0 Å². The fourth-order valence-corrected chi connectivity index (χ4v) is 2.21. The lowest BCUT2D eigenvalue weighted by molar-refractivity contribution is 0.00532. The van der Waals surface area contributed by atoms with E-state index in [0.29, 0.717) is 29.8 Å². The Kier molecular flexibility index (Phi) is 8.43. The summed E-state index contributed by atoms with van der Waals surface area (Å²) in [6.07, 6.45) is 4.03. The number of pyridine rings is 1. The average Bonchev–Trinajstić information content (AvgIpc) is 2.59. The van der Waals surface area contributed by atoms with Gasteiger partial charge in [-0.15, -0.1) is 0 Å². The first-order valence-corrected chi connectivity index (χ1v) is 8.74. The number of hydrogen-bond donors (Lipinski definition) is 3. The van der Waals surface area contributed by atoms with Crippen molar-refractivity contribution in [2.75, 3.05) is 6.61 Å². The first-order chi connectivity index (χ1) is 12.5. The third-order valence-corrected chi connectivity index (χ3v) is 3.73. The van der Waals surface area contributed by atoms with Crippen molar-refractivity contribution >= 4 is 0 Å². The zero-order valence-electron chi connectivity index (χ0n) is 16.1. The van der Waals surface area contributed by atoms with Gasteiger partial charge in [0.05, 0.1) is 29.7 Å². The number of rotatable bonds is 11. The topological polar surface area (TPSA) is 80.4 Å². The first kappa shape index (κ1) is 22.6. The molecule has 0 bridgehead atoms. The Hall–Kier alpha value is -2.41. The predicted molar refractivity (Wildman–Crippen MR) is 104 cm³/mol. The molecule has 0 fully saturated rings. The molecule has 4 N–H and O–H groups in total. The van der Waals surface area contributed by atoms with Crippen LogP contribution in [0.5, 0.6) is 5.75 Å². The van der Waals surface area contributed by atoms with Crippen molar-refractivity contribution in [3.8, 4) is 5.75 Å². The summed E-state index contributed by atoms with van der Waals surface area (Å²) < 4.78 is 31.2. The van der Waals surface area contributed by atoms with E-state index in [0.717, 1.165) is 0 Å². The van der Waals surface area contributed by atoms with Crippen LogP contribution in [0.4, 0.5) is 8.78 Å². The summed E-state index contributed by atoms with van der Waals surface area (Å²) in [6, 6.07) is 2.48. The smallest absolute Gasteiger partial charge is 0.299 e. The van der Waals surface area contributed by atoms with Crippen molar-refractivity contribution in [3.63, 3.8) is 0 Å². The molecule has 1 unspecified atom stereocenters. The van der Waals surface area contributed by atoms with Gasteiger partial charge >= 0.3 is 0 Å². The minimum Gasteiger partial charge on any atom is -0.513 e. The van der Waals surface area contributed by atoms with E-state index in [4.69, 9.17) is 10.5 Å². The Morgan fingerprint density at radius 3 is 2.59 bits per heavy atom. The van der Waals surface area contributed by atoms with Crippen LogP contribution >= 0.6 is 0 Å². The number of allylic oxidation sites excluding steroid dienone is 1. The van der Waals surface area contributed by atoms with Crippen LogP contribution in [0.15, 0.2) is 55.1 Å². The number of nitrogens with two attached hydrogens (primary N) is 1. The van der Waals surface area contributed by atoms with E-state index in [1.807, 2.05) is 20.8 Å². The van der Waals surface area contributed by atoms with Crippen LogP contribution in [0, 0.1) is 5.92 Å². The van der Waals surface area contributed by atoms with Crippen molar-refractivity contribution in [2.24, 2.45) is 11.7 Å². The van der Waals surface area contributed by atoms with Crippen LogP contribution in [0.1, 0.15) is 38.9 Å². The van der Waals surface area contributed by atoms with Crippen LogP contribution in [0.3, 0.4) is 0 Å². The number of ether oxygens (including phenoxy) is 1. The standard InChI is InChI=1S/C20H29F2N3O2/c1-6-20(21,22)12-27-17-7-8-19(24-11-17)15(5)25-14(4)18(23)10-16(26)9-13(2)3/h6-8,10-11,13,15,18,25-26H,1,4,9,12,23H2,2-3,5H3/b16-10-/t15-,18?/m1/s1. The summed E-state index contributed by atoms with van der Waals surface area (Å²) in [6.45, 7) is 12.0. The van der Waals surface area contributed by atoms with E-state index >= 15 is 0 Å². The highest BCUT2D eigenvalue weighted by atomic mass is 19.3. The SMILES string of the molecule is C=CC(F)(F)COc1ccc([C@@H](C)NC(=C)C(N)/C=C(\O)CC(C)C)nc1. The maximum Gasteiger partial charge on any atom is 0.299 e. The van der Waals surface area contributed by atoms with Gasteiger partial charge in [-0.25, -0.2) is 0 Å². The second kappa shape index (κ2) is 10.1. The molecular weight excluding hydrogens is 352 g/mol. The molecule has 0 spiro atoms. The third kappa shape index (κ3) is 8.21. The largest absolute Gasteiger partial charge is 0.513 e. The van der Waals surface area contributed by atoms with Gasteiger partial charge in [0.15, 0.2) is 6.61 Å². The molecule has 0 aliphatic heterocycles. The zero-order chi connectivity index (χ0) is 20.6. The minimum atomic E-state index is -3.09. The molecule has 0 amide bonds. The maximum atomic E-state index is 13.1. The van der Waals surface area contributed by atoms with Crippen molar-refractivity contribution in [3.05, 3.63) is 60.8 Å². The Morgan fingerprint density at radius 1 is 1.41 bits per heavy atom. The van der Waals surface area contributed by atoms with Crippen molar-refractivity contribution in [1.29, 1.82) is 0 Å². The number of aromatic nitrogens is 1. The van der Waals surface area contributed by atoms with Crippen LogP contribution in [0.25, 0.3) is 0 Å². The van der Waals surface area contributed by atoms with E-state index in [2.05, 4.69) is 23.5 Å². The lowest BCUT2D eigenvalue weighted by Crippen LogP contribution is -2.31. The van der Waals surface area contributed by atoms with Gasteiger partial charge in [-0.3, -0.25) is 4.98 Å². The molecule has 0 radical (unpaired) electrons. The summed E-state index contributed by atoms with van der Waals surface area (Å²) in [5.74, 6) is -2.30. The fraction of sp³-hybridized carbons (Fsp3) is 0.450. The Bertz CT molecular complexity index is 658. The highest BCUT2D eigenvalue weighted by molar-refractivity contribution is 5.23. The van der Waals surface area contributed by atoms with Gasteiger partial charge in [-0.1, -0.05) is 27.0 Å². The molecule has 1 heterocycles. The van der Waals surface area contributed by atoms with Gasteiger partial charge in [0, 0.05) is 12.1 Å². The highest BCUT2D eigenvalue weighted by Gasteiger charge is 2.25. The Morgan fingerprint density at radius 2 is 2.07 bits per heavy atom. The van der Waals surface area contributed by atoms with E-state index in [-0.39, 0.29) is 17.6 Å². The molecule has 1 rings (SSSR count). The van der Waals surface area contributed by atoms with E-state index in [1.165, 1.54) is 6.20 Å². The molecule has 0 aliphatic carbocycles. The number of aliphatic hydroxyl groups is 1. The normalized spacial score (nSPS) is 14.6. The number of aliphatic hydroxyl groups excluding tert-OH is 1. The van der Waals surface area contributed by atoms with Gasteiger partial charge in [0.1, 0.15) is 5.75 Å². The molecule has 0 aliphatic rings. The number of nitrogens with zero attached hydrogens (tertiary/aromatic N) is 1. The molecule has 27 heavy (non-hydrogen) atoms. The van der Waals surface area contributed by atoms with E-state index in [1.54, 1.807) is 18.2 Å². The van der Waals surface area contributed by atoms with Crippen molar-refractivity contribution in [2.45, 2.75) is 45.2 Å².